The zero-order valence-electron chi connectivity index (χ0n) is 15.1. The maximum Gasteiger partial charge on any atom is 0.251 e. The minimum Gasteiger partial charge on any atom is -0.388 e. The molecule has 0 aliphatic heterocycles. The molecule has 6 heteroatoms. The number of hydrogen-bond acceptors (Lipinski definition) is 4. The summed E-state index contributed by atoms with van der Waals surface area (Å²) in [5, 5.41) is 12.7. The van der Waals surface area contributed by atoms with E-state index in [1.807, 2.05) is 37.3 Å². The van der Waals surface area contributed by atoms with Crippen molar-refractivity contribution < 1.29 is 18.3 Å². The number of carbonyl (C=O) groups excluding carboxylic acids is 1. The van der Waals surface area contributed by atoms with Gasteiger partial charge >= 0.3 is 0 Å². The van der Waals surface area contributed by atoms with E-state index in [0.29, 0.717) is 5.56 Å². The van der Waals surface area contributed by atoms with Crippen LogP contribution in [0, 0.1) is 0 Å². The summed E-state index contributed by atoms with van der Waals surface area (Å²) in [6.07, 6.45) is 2.32. The molecule has 140 valence electrons. The molecule has 0 saturated carbocycles. The average molecular weight is 375 g/mol. The Morgan fingerprint density at radius 3 is 2.42 bits per heavy atom. The minimum absolute atomic E-state index is 0.0834. The van der Waals surface area contributed by atoms with E-state index in [9.17, 15) is 18.3 Å². The van der Waals surface area contributed by atoms with Crippen LogP contribution in [0.3, 0.4) is 0 Å². The van der Waals surface area contributed by atoms with Crippen molar-refractivity contribution in [3.63, 3.8) is 0 Å². The van der Waals surface area contributed by atoms with Crippen LogP contribution in [-0.4, -0.2) is 38.0 Å². The van der Waals surface area contributed by atoms with E-state index in [1.165, 1.54) is 0 Å². The summed E-state index contributed by atoms with van der Waals surface area (Å²) in [7, 11) is -3.10. The van der Waals surface area contributed by atoms with Gasteiger partial charge in [0.1, 0.15) is 9.84 Å². The number of carbonyl (C=O) groups is 1. The van der Waals surface area contributed by atoms with Crippen LogP contribution in [0.2, 0.25) is 0 Å². The van der Waals surface area contributed by atoms with E-state index >= 15 is 0 Å². The van der Waals surface area contributed by atoms with Crippen molar-refractivity contribution in [1.29, 1.82) is 0 Å². The molecule has 26 heavy (non-hydrogen) atoms. The number of amides is 1. The number of aliphatic hydroxyl groups is 1. The fourth-order valence-corrected chi connectivity index (χ4v) is 3.10. The molecule has 0 aliphatic rings. The van der Waals surface area contributed by atoms with E-state index in [0.717, 1.165) is 35.8 Å². The molecule has 1 atom stereocenters. The smallest absolute Gasteiger partial charge is 0.251 e. The van der Waals surface area contributed by atoms with E-state index in [1.54, 1.807) is 18.2 Å². The molecule has 2 N–H and O–H groups in total. The lowest BCUT2D eigenvalue weighted by atomic mass is 9.99. The van der Waals surface area contributed by atoms with Crippen LogP contribution in [-0.2, 0) is 9.84 Å². The second-order valence-corrected chi connectivity index (χ2v) is 8.65. The highest BCUT2D eigenvalue weighted by Crippen LogP contribution is 2.24. The first-order chi connectivity index (χ1) is 12.3. The van der Waals surface area contributed by atoms with Gasteiger partial charge in [-0.15, -0.1) is 0 Å². The first-order valence-corrected chi connectivity index (χ1v) is 10.7. The predicted octanol–water partition coefficient (Wildman–Crippen LogP) is 2.96. The third-order valence-electron chi connectivity index (χ3n) is 4.07. The van der Waals surface area contributed by atoms with E-state index in [-0.39, 0.29) is 18.2 Å². The van der Waals surface area contributed by atoms with Crippen LogP contribution in [0.25, 0.3) is 11.1 Å². The summed E-state index contributed by atoms with van der Waals surface area (Å²) < 4.78 is 22.3. The third kappa shape index (κ3) is 5.97. The Balaban J connectivity index is 2.09. The number of hydrogen-bond donors (Lipinski definition) is 2. The lowest BCUT2D eigenvalue weighted by Gasteiger charge is -2.11. The van der Waals surface area contributed by atoms with Gasteiger partial charge in [-0.25, -0.2) is 8.42 Å². The molecule has 0 aliphatic carbocycles. The summed E-state index contributed by atoms with van der Waals surface area (Å²) >= 11 is 0. The van der Waals surface area contributed by atoms with Crippen LogP contribution in [0.5, 0.6) is 0 Å². The standard InChI is InChI=1S/C20H25NO4S/c1-3-5-19(22)16-10-8-15(9-11-16)17-6-4-7-18(14-17)20(23)21-12-13-26(2,24)25/h4,6-11,14,19,22H,3,5,12-13H2,1-2H3,(H,21,23)/t19-/m1/s1. The first kappa shape index (κ1) is 20.1. The highest BCUT2D eigenvalue weighted by Gasteiger charge is 2.10. The van der Waals surface area contributed by atoms with Gasteiger partial charge in [-0.2, -0.15) is 0 Å². The Morgan fingerprint density at radius 1 is 1.12 bits per heavy atom. The van der Waals surface area contributed by atoms with Crippen molar-refractivity contribution in [1.82, 2.24) is 5.32 Å². The van der Waals surface area contributed by atoms with Crippen molar-refractivity contribution in [3.05, 3.63) is 59.7 Å². The molecule has 0 heterocycles. The van der Waals surface area contributed by atoms with Gasteiger partial charge < -0.3 is 10.4 Å². The van der Waals surface area contributed by atoms with E-state index in [2.05, 4.69) is 5.32 Å². The van der Waals surface area contributed by atoms with Gasteiger partial charge in [0.25, 0.3) is 5.91 Å². The van der Waals surface area contributed by atoms with Gasteiger partial charge in [0, 0.05) is 18.4 Å². The van der Waals surface area contributed by atoms with Gasteiger partial charge in [-0.3, -0.25) is 4.79 Å². The molecule has 1 amide bonds. The van der Waals surface area contributed by atoms with E-state index < -0.39 is 15.9 Å². The summed E-state index contributed by atoms with van der Waals surface area (Å²) in [6, 6.07) is 14.8. The number of rotatable bonds is 8. The molecule has 0 unspecified atom stereocenters. The molecular weight excluding hydrogens is 350 g/mol. The lowest BCUT2D eigenvalue weighted by Crippen LogP contribution is -2.28. The fourth-order valence-electron chi connectivity index (χ4n) is 2.63. The lowest BCUT2D eigenvalue weighted by molar-refractivity contribution is 0.0956. The Kier molecular flexibility index (Phi) is 6.94. The molecule has 0 spiro atoms. The molecular formula is C20H25NO4S. The number of benzene rings is 2. The van der Waals surface area contributed by atoms with Crippen LogP contribution < -0.4 is 5.32 Å². The normalized spacial score (nSPS) is 12.6. The zero-order chi connectivity index (χ0) is 19.2. The molecule has 5 nitrogen and oxygen atoms in total. The number of nitrogens with one attached hydrogen (secondary N) is 1. The van der Waals surface area contributed by atoms with Crippen molar-refractivity contribution in [2.45, 2.75) is 25.9 Å². The Hall–Kier alpha value is -2.18. The van der Waals surface area contributed by atoms with Crippen molar-refractivity contribution in [3.8, 4) is 11.1 Å². The fraction of sp³-hybridized carbons (Fsp3) is 0.350. The molecule has 2 aromatic carbocycles. The molecule has 0 radical (unpaired) electrons. The predicted molar refractivity (Wildman–Crippen MR) is 104 cm³/mol. The maximum absolute atomic E-state index is 12.2. The third-order valence-corrected chi connectivity index (χ3v) is 5.02. The second-order valence-electron chi connectivity index (χ2n) is 6.39. The minimum atomic E-state index is -3.10. The van der Waals surface area contributed by atoms with Crippen LogP contribution in [0.15, 0.2) is 48.5 Å². The van der Waals surface area contributed by atoms with Crippen molar-refractivity contribution >= 4 is 15.7 Å². The Labute approximate surface area is 155 Å². The van der Waals surface area contributed by atoms with E-state index in [4.69, 9.17) is 0 Å². The van der Waals surface area contributed by atoms with Gasteiger partial charge in [-0.1, -0.05) is 49.7 Å². The maximum atomic E-state index is 12.2. The summed E-state index contributed by atoms with van der Waals surface area (Å²) in [5.41, 5.74) is 3.19. The summed E-state index contributed by atoms with van der Waals surface area (Å²) in [4.78, 5) is 12.2. The van der Waals surface area contributed by atoms with Gasteiger partial charge in [-0.05, 0) is 35.2 Å². The molecule has 0 aromatic heterocycles. The molecule has 2 rings (SSSR count). The SMILES string of the molecule is CCC[C@@H](O)c1ccc(-c2cccc(C(=O)NCCS(C)(=O)=O)c2)cc1. The quantitative estimate of drug-likeness (QED) is 0.743. The summed E-state index contributed by atoms with van der Waals surface area (Å²) in [5.74, 6) is -0.384. The zero-order valence-corrected chi connectivity index (χ0v) is 15.9. The topological polar surface area (TPSA) is 83.5 Å². The Bertz CT molecular complexity index is 844. The molecule has 0 fully saturated rings. The first-order valence-electron chi connectivity index (χ1n) is 8.64. The molecule has 0 bridgehead atoms. The van der Waals surface area contributed by atoms with Gasteiger partial charge in [0.2, 0.25) is 0 Å². The van der Waals surface area contributed by atoms with Crippen LogP contribution in [0.1, 0.15) is 41.8 Å². The second kappa shape index (κ2) is 8.96. The number of sulfone groups is 1. The summed E-state index contributed by atoms with van der Waals surface area (Å²) in [6.45, 7) is 2.12. The molecule has 0 saturated heterocycles. The largest absolute Gasteiger partial charge is 0.388 e. The van der Waals surface area contributed by atoms with Gasteiger partial charge in [0.15, 0.2) is 0 Å². The van der Waals surface area contributed by atoms with Crippen molar-refractivity contribution in [2.24, 2.45) is 0 Å². The monoisotopic (exact) mass is 375 g/mol. The average Bonchev–Trinajstić information content (AvgIpc) is 2.61. The highest BCUT2D eigenvalue weighted by molar-refractivity contribution is 7.90. The highest BCUT2D eigenvalue weighted by atomic mass is 32.2. The number of aliphatic hydroxyl groups excluding tert-OH is 1. The van der Waals surface area contributed by atoms with Crippen LogP contribution >= 0.6 is 0 Å². The van der Waals surface area contributed by atoms with Crippen LogP contribution in [0.4, 0.5) is 0 Å². The molecule has 2 aromatic rings. The van der Waals surface area contributed by atoms with Crippen molar-refractivity contribution in [2.75, 3.05) is 18.6 Å². The van der Waals surface area contributed by atoms with Gasteiger partial charge in [0.05, 0.1) is 11.9 Å². The Morgan fingerprint density at radius 2 is 1.81 bits per heavy atom.